The molecule has 0 unspecified atom stereocenters. The summed E-state index contributed by atoms with van der Waals surface area (Å²) in [7, 11) is 0. The van der Waals surface area contributed by atoms with Crippen molar-refractivity contribution >= 4 is 21.4 Å². The molecule has 28 heavy (non-hydrogen) atoms. The molecule has 2 heterocycles. The van der Waals surface area contributed by atoms with Gasteiger partial charge in [0.1, 0.15) is 5.75 Å². The highest BCUT2D eigenvalue weighted by atomic mass is 32.1. The molecule has 2 aromatic heterocycles. The standard InChI is InChI=1S/C19H15F3N4OS/c1-12-5-2-3-6-14(12)10-23-17-25-26-16(11-24-18(26)28-17)13-7-4-8-15(9-13)27-19(20,21)22/h2-9,11H,10H2,1H3,(H,23,25). The number of hydrogen-bond acceptors (Lipinski definition) is 5. The number of benzene rings is 2. The summed E-state index contributed by atoms with van der Waals surface area (Å²) in [6.07, 6.45) is -3.16. The van der Waals surface area contributed by atoms with Gasteiger partial charge in [0.05, 0.1) is 11.9 Å². The molecule has 0 bridgehead atoms. The number of hydrogen-bond donors (Lipinski definition) is 1. The Bertz CT molecular complexity index is 1120. The summed E-state index contributed by atoms with van der Waals surface area (Å²) in [5.41, 5.74) is 3.46. The topological polar surface area (TPSA) is 51.5 Å². The summed E-state index contributed by atoms with van der Waals surface area (Å²) < 4.78 is 43.0. The van der Waals surface area contributed by atoms with Crippen molar-refractivity contribution in [3.8, 4) is 17.0 Å². The highest BCUT2D eigenvalue weighted by molar-refractivity contribution is 7.20. The highest BCUT2D eigenvalue weighted by Gasteiger charge is 2.31. The number of fused-ring (bicyclic) bond motifs is 1. The van der Waals surface area contributed by atoms with Crippen LogP contribution in [-0.4, -0.2) is 21.0 Å². The molecule has 1 N–H and O–H groups in total. The zero-order chi connectivity index (χ0) is 19.7. The van der Waals surface area contributed by atoms with Crippen LogP contribution in [0.3, 0.4) is 0 Å². The smallest absolute Gasteiger partial charge is 0.406 e. The van der Waals surface area contributed by atoms with Gasteiger partial charge in [0, 0.05) is 12.1 Å². The van der Waals surface area contributed by atoms with Gasteiger partial charge in [-0.25, -0.2) is 9.50 Å². The molecule has 0 saturated carbocycles. The first-order chi connectivity index (χ1) is 13.4. The number of anilines is 1. The van der Waals surface area contributed by atoms with E-state index in [1.54, 1.807) is 16.8 Å². The average Bonchev–Trinajstić information content (AvgIpc) is 3.20. The van der Waals surface area contributed by atoms with E-state index in [1.807, 2.05) is 31.2 Å². The summed E-state index contributed by atoms with van der Waals surface area (Å²) in [6.45, 7) is 2.66. The summed E-state index contributed by atoms with van der Waals surface area (Å²) in [4.78, 5) is 4.95. The quantitative estimate of drug-likeness (QED) is 0.492. The van der Waals surface area contributed by atoms with Crippen LogP contribution in [0.15, 0.2) is 54.7 Å². The van der Waals surface area contributed by atoms with Gasteiger partial charge in [-0.15, -0.1) is 18.3 Å². The van der Waals surface area contributed by atoms with Crippen molar-refractivity contribution in [3.05, 3.63) is 65.9 Å². The Hall–Kier alpha value is -3.07. The van der Waals surface area contributed by atoms with Crippen LogP contribution in [0.25, 0.3) is 16.2 Å². The minimum Gasteiger partial charge on any atom is -0.406 e. The van der Waals surface area contributed by atoms with Gasteiger partial charge in [0.2, 0.25) is 10.1 Å². The minimum absolute atomic E-state index is 0.284. The fourth-order valence-corrected chi connectivity index (χ4v) is 3.56. The second-order valence-corrected chi connectivity index (χ2v) is 7.06. The van der Waals surface area contributed by atoms with Crippen molar-refractivity contribution < 1.29 is 17.9 Å². The van der Waals surface area contributed by atoms with Crippen LogP contribution >= 0.6 is 11.3 Å². The average molecular weight is 404 g/mol. The SMILES string of the molecule is Cc1ccccc1CNc1nn2c(-c3cccc(OC(F)(F)F)c3)cnc2s1. The molecule has 0 amide bonds. The summed E-state index contributed by atoms with van der Waals surface area (Å²) >= 11 is 1.37. The molecule has 0 fully saturated rings. The predicted molar refractivity (Wildman–Crippen MR) is 101 cm³/mol. The van der Waals surface area contributed by atoms with Crippen LogP contribution < -0.4 is 10.1 Å². The Kier molecular flexibility index (Phi) is 4.68. The molecule has 4 rings (SSSR count). The zero-order valence-electron chi connectivity index (χ0n) is 14.7. The molecular formula is C19H15F3N4OS. The molecular weight excluding hydrogens is 389 g/mol. The molecule has 0 aliphatic rings. The van der Waals surface area contributed by atoms with Crippen LogP contribution in [0.5, 0.6) is 5.75 Å². The van der Waals surface area contributed by atoms with E-state index >= 15 is 0 Å². The second kappa shape index (κ2) is 7.16. The molecule has 0 aliphatic heterocycles. The van der Waals surface area contributed by atoms with Gasteiger partial charge in [-0.05, 0) is 30.2 Å². The number of alkyl halides is 3. The Morgan fingerprint density at radius 1 is 1.14 bits per heavy atom. The molecule has 9 heteroatoms. The summed E-state index contributed by atoms with van der Waals surface area (Å²) in [5.74, 6) is -0.284. The molecule has 0 atom stereocenters. The number of nitrogens with zero attached hydrogens (tertiary/aromatic N) is 3. The third-order valence-corrected chi connectivity index (χ3v) is 5.02. The van der Waals surface area contributed by atoms with E-state index in [-0.39, 0.29) is 5.75 Å². The molecule has 4 aromatic rings. The third kappa shape index (κ3) is 3.94. The molecule has 5 nitrogen and oxygen atoms in total. The van der Waals surface area contributed by atoms with Crippen LogP contribution in [0.1, 0.15) is 11.1 Å². The lowest BCUT2D eigenvalue weighted by atomic mass is 10.1. The molecule has 0 radical (unpaired) electrons. The lowest BCUT2D eigenvalue weighted by molar-refractivity contribution is -0.274. The van der Waals surface area contributed by atoms with Crippen LogP contribution in [0.4, 0.5) is 18.3 Å². The molecule has 144 valence electrons. The number of imidazole rings is 1. The Morgan fingerprint density at radius 2 is 1.96 bits per heavy atom. The lowest BCUT2D eigenvalue weighted by Gasteiger charge is -2.09. The summed E-state index contributed by atoms with van der Waals surface area (Å²) in [6, 6.07) is 13.8. The van der Waals surface area contributed by atoms with Crippen molar-refractivity contribution in [1.29, 1.82) is 0 Å². The van der Waals surface area contributed by atoms with Crippen molar-refractivity contribution in [2.75, 3.05) is 5.32 Å². The second-order valence-electron chi connectivity index (χ2n) is 6.10. The fraction of sp³-hybridized carbons (Fsp3) is 0.158. The van der Waals surface area contributed by atoms with Gasteiger partial charge in [0.15, 0.2) is 0 Å². The van der Waals surface area contributed by atoms with E-state index in [2.05, 4.69) is 20.1 Å². The minimum atomic E-state index is -4.74. The monoisotopic (exact) mass is 404 g/mol. The van der Waals surface area contributed by atoms with Crippen molar-refractivity contribution in [2.24, 2.45) is 0 Å². The van der Waals surface area contributed by atoms with Crippen LogP contribution in [0.2, 0.25) is 0 Å². The zero-order valence-corrected chi connectivity index (χ0v) is 15.5. The fourth-order valence-electron chi connectivity index (χ4n) is 2.79. The number of aryl methyl sites for hydroxylation is 1. The maximum atomic E-state index is 12.5. The molecule has 0 aliphatic carbocycles. The number of nitrogens with one attached hydrogen (secondary N) is 1. The maximum absolute atomic E-state index is 12.5. The van der Waals surface area contributed by atoms with E-state index in [1.165, 1.54) is 35.1 Å². The number of ether oxygens (including phenoxy) is 1. The number of aromatic nitrogens is 3. The number of rotatable bonds is 5. The van der Waals surface area contributed by atoms with E-state index in [9.17, 15) is 13.2 Å². The van der Waals surface area contributed by atoms with E-state index in [0.717, 1.165) is 5.56 Å². The third-order valence-electron chi connectivity index (χ3n) is 4.14. The maximum Gasteiger partial charge on any atom is 0.573 e. The normalized spacial score (nSPS) is 11.7. The Labute approximate surface area is 162 Å². The van der Waals surface area contributed by atoms with Gasteiger partial charge in [0.25, 0.3) is 0 Å². The molecule has 2 aromatic carbocycles. The molecule has 0 spiro atoms. The van der Waals surface area contributed by atoms with Crippen molar-refractivity contribution in [1.82, 2.24) is 14.6 Å². The Balaban J connectivity index is 1.58. The highest BCUT2D eigenvalue weighted by Crippen LogP contribution is 2.30. The van der Waals surface area contributed by atoms with Crippen molar-refractivity contribution in [3.63, 3.8) is 0 Å². The van der Waals surface area contributed by atoms with Crippen LogP contribution in [-0.2, 0) is 6.54 Å². The molecule has 0 saturated heterocycles. The first-order valence-electron chi connectivity index (χ1n) is 8.38. The predicted octanol–water partition coefficient (Wildman–Crippen LogP) is 5.28. The van der Waals surface area contributed by atoms with E-state index in [4.69, 9.17) is 0 Å². The Morgan fingerprint density at radius 3 is 2.75 bits per heavy atom. The van der Waals surface area contributed by atoms with Gasteiger partial charge in [-0.3, -0.25) is 0 Å². The largest absolute Gasteiger partial charge is 0.573 e. The van der Waals surface area contributed by atoms with Gasteiger partial charge < -0.3 is 10.1 Å². The van der Waals surface area contributed by atoms with Gasteiger partial charge >= 0.3 is 6.36 Å². The van der Waals surface area contributed by atoms with E-state index in [0.29, 0.717) is 27.9 Å². The first-order valence-corrected chi connectivity index (χ1v) is 9.20. The lowest BCUT2D eigenvalue weighted by Crippen LogP contribution is -2.17. The van der Waals surface area contributed by atoms with Crippen molar-refractivity contribution in [2.45, 2.75) is 19.8 Å². The van der Waals surface area contributed by atoms with Gasteiger partial charge in [-0.1, -0.05) is 47.7 Å². The van der Waals surface area contributed by atoms with Crippen LogP contribution in [0, 0.1) is 6.92 Å². The van der Waals surface area contributed by atoms with E-state index < -0.39 is 6.36 Å². The number of halogens is 3. The first kappa shape index (κ1) is 18.3. The van der Waals surface area contributed by atoms with Gasteiger partial charge in [-0.2, -0.15) is 0 Å². The summed E-state index contributed by atoms with van der Waals surface area (Å²) in [5, 5.41) is 8.44.